The molecular weight excluding hydrogens is 352 g/mol. The summed E-state index contributed by atoms with van der Waals surface area (Å²) >= 11 is 1.61. The Kier molecular flexibility index (Phi) is 4.27. The van der Waals surface area contributed by atoms with Crippen molar-refractivity contribution in [1.29, 1.82) is 0 Å². The SMILES string of the molecule is Cc1ccc(C2=Nn3c(nnc3-c3ccccc3S(C)=O)SC2)cc1. The summed E-state index contributed by atoms with van der Waals surface area (Å²) in [6, 6.07) is 15.9. The average molecular weight is 368 g/mol. The van der Waals surface area contributed by atoms with E-state index >= 15 is 0 Å². The molecule has 0 amide bonds. The molecule has 0 N–H and O–H groups in total. The van der Waals surface area contributed by atoms with Gasteiger partial charge in [-0.3, -0.25) is 4.21 Å². The van der Waals surface area contributed by atoms with E-state index in [2.05, 4.69) is 41.4 Å². The minimum atomic E-state index is -1.11. The van der Waals surface area contributed by atoms with Gasteiger partial charge in [0.2, 0.25) is 5.16 Å². The molecule has 0 saturated carbocycles. The van der Waals surface area contributed by atoms with Gasteiger partial charge >= 0.3 is 0 Å². The summed E-state index contributed by atoms with van der Waals surface area (Å²) in [6.07, 6.45) is 1.67. The third-order valence-electron chi connectivity index (χ3n) is 3.99. The van der Waals surface area contributed by atoms with Crippen molar-refractivity contribution in [2.24, 2.45) is 5.10 Å². The second kappa shape index (κ2) is 6.57. The predicted molar refractivity (Wildman–Crippen MR) is 102 cm³/mol. The van der Waals surface area contributed by atoms with Crippen molar-refractivity contribution in [1.82, 2.24) is 14.9 Å². The van der Waals surface area contributed by atoms with Gasteiger partial charge in [0.1, 0.15) is 0 Å². The Labute approximate surface area is 152 Å². The molecule has 0 saturated heterocycles. The molecule has 0 aliphatic carbocycles. The second-order valence-electron chi connectivity index (χ2n) is 5.77. The first-order chi connectivity index (χ1) is 12.1. The quantitative estimate of drug-likeness (QED) is 0.711. The van der Waals surface area contributed by atoms with Gasteiger partial charge in [-0.1, -0.05) is 53.7 Å². The summed E-state index contributed by atoms with van der Waals surface area (Å²) in [5.74, 6) is 1.38. The Hall–Kier alpha value is -2.25. The van der Waals surface area contributed by atoms with Gasteiger partial charge in [-0.15, -0.1) is 10.2 Å². The van der Waals surface area contributed by atoms with Crippen LogP contribution in [0.3, 0.4) is 0 Å². The minimum Gasteiger partial charge on any atom is -0.255 e. The standard InChI is InChI=1S/C18H16N4OS2/c1-12-7-9-13(10-8-12)15-11-24-18-20-19-17(22(18)21-15)14-5-3-4-6-16(14)25(2)23/h3-10H,11H2,1-2H3. The lowest BCUT2D eigenvalue weighted by atomic mass is 10.1. The van der Waals surface area contributed by atoms with Crippen LogP contribution in [0.5, 0.6) is 0 Å². The van der Waals surface area contributed by atoms with E-state index in [0.29, 0.717) is 5.82 Å². The highest BCUT2D eigenvalue weighted by Crippen LogP contribution is 2.31. The van der Waals surface area contributed by atoms with Crippen molar-refractivity contribution in [2.75, 3.05) is 12.0 Å². The molecule has 7 heteroatoms. The van der Waals surface area contributed by atoms with Crippen molar-refractivity contribution in [2.45, 2.75) is 17.0 Å². The summed E-state index contributed by atoms with van der Waals surface area (Å²) in [7, 11) is -1.11. The number of aryl methyl sites for hydroxylation is 1. The molecule has 1 aliphatic rings. The maximum Gasteiger partial charge on any atom is 0.212 e. The lowest BCUT2D eigenvalue weighted by Gasteiger charge is -2.14. The third kappa shape index (κ3) is 3.05. The highest BCUT2D eigenvalue weighted by atomic mass is 32.2. The molecule has 0 spiro atoms. The van der Waals surface area contributed by atoms with Crippen molar-refractivity contribution in [3.8, 4) is 11.4 Å². The van der Waals surface area contributed by atoms with Gasteiger partial charge in [-0.05, 0) is 24.6 Å². The smallest absolute Gasteiger partial charge is 0.212 e. The molecule has 0 radical (unpaired) electrons. The molecule has 1 atom stereocenters. The van der Waals surface area contributed by atoms with Crippen LogP contribution in [-0.4, -0.2) is 36.8 Å². The molecule has 25 heavy (non-hydrogen) atoms. The molecule has 1 aliphatic heterocycles. The van der Waals surface area contributed by atoms with E-state index in [0.717, 1.165) is 32.6 Å². The maximum atomic E-state index is 12.1. The number of benzene rings is 2. The minimum absolute atomic E-state index is 0.623. The number of thioether (sulfide) groups is 1. The summed E-state index contributed by atoms with van der Waals surface area (Å²) in [4.78, 5) is 0.736. The van der Waals surface area contributed by atoms with Crippen LogP contribution in [0.1, 0.15) is 11.1 Å². The largest absolute Gasteiger partial charge is 0.255 e. The third-order valence-corrected chi connectivity index (χ3v) is 5.90. The van der Waals surface area contributed by atoms with Crippen molar-refractivity contribution >= 4 is 28.3 Å². The first-order valence-corrected chi connectivity index (χ1v) is 10.3. The molecule has 2 aromatic carbocycles. The fourth-order valence-electron chi connectivity index (χ4n) is 2.69. The van der Waals surface area contributed by atoms with E-state index in [-0.39, 0.29) is 0 Å². The van der Waals surface area contributed by atoms with Crippen LogP contribution in [-0.2, 0) is 10.8 Å². The fraction of sp³-hybridized carbons (Fsp3) is 0.167. The molecule has 0 bridgehead atoms. The van der Waals surface area contributed by atoms with Crippen LogP contribution in [0.2, 0.25) is 0 Å². The van der Waals surface area contributed by atoms with Crippen molar-refractivity contribution < 1.29 is 4.21 Å². The van der Waals surface area contributed by atoms with Gasteiger partial charge in [0, 0.05) is 22.5 Å². The van der Waals surface area contributed by atoms with Gasteiger partial charge in [0.15, 0.2) is 5.82 Å². The highest BCUT2D eigenvalue weighted by Gasteiger charge is 2.22. The number of hydrogen-bond acceptors (Lipinski definition) is 5. The summed E-state index contributed by atoms with van der Waals surface area (Å²) in [5.41, 5.74) is 4.10. The molecule has 1 unspecified atom stereocenters. The number of hydrogen-bond donors (Lipinski definition) is 0. The summed E-state index contributed by atoms with van der Waals surface area (Å²) in [6.45, 7) is 2.07. The van der Waals surface area contributed by atoms with Crippen LogP contribution >= 0.6 is 11.8 Å². The average Bonchev–Trinajstić information content (AvgIpc) is 3.05. The van der Waals surface area contributed by atoms with Gasteiger partial charge in [0.05, 0.1) is 16.5 Å². The van der Waals surface area contributed by atoms with Crippen LogP contribution in [0, 0.1) is 6.92 Å². The van der Waals surface area contributed by atoms with Crippen molar-refractivity contribution in [3.63, 3.8) is 0 Å². The second-order valence-corrected chi connectivity index (χ2v) is 8.06. The Morgan fingerprint density at radius 2 is 1.84 bits per heavy atom. The van der Waals surface area contributed by atoms with Crippen LogP contribution in [0.15, 0.2) is 63.7 Å². The van der Waals surface area contributed by atoms with Crippen LogP contribution in [0.25, 0.3) is 11.4 Å². The van der Waals surface area contributed by atoms with E-state index in [1.807, 2.05) is 24.3 Å². The first-order valence-electron chi connectivity index (χ1n) is 7.79. The topological polar surface area (TPSA) is 60.1 Å². The number of fused-ring (bicyclic) bond motifs is 1. The zero-order valence-corrected chi connectivity index (χ0v) is 15.5. The Morgan fingerprint density at radius 1 is 1.08 bits per heavy atom. The highest BCUT2D eigenvalue weighted by molar-refractivity contribution is 7.99. The lowest BCUT2D eigenvalue weighted by molar-refractivity contribution is 0.686. The molecule has 2 heterocycles. The summed E-state index contributed by atoms with van der Waals surface area (Å²) < 4.78 is 13.8. The fourth-order valence-corrected chi connectivity index (χ4v) is 4.26. The zero-order chi connectivity index (χ0) is 17.4. The summed E-state index contributed by atoms with van der Waals surface area (Å²) in [5, 5.41) is 14.1. The molecule has 1 aromatic heterocycles. The molecular formula is C18H16N4OS2. The van der Waals surface area contributed by atoms with E-state index < -0.39 is 10.8 Å². The Bertz CT molecular complexity index is 993. The Balaban J connectivity index is 1.83. The lowest BCUT2D eigenvalue weighted by Crippen LogP contribution is -2.14. The number of aromatic nitrogens is 3. The number of nitrogens with zero attached hydrogens (tertiary/aromatic N) is 4. The monoisotopic (exact) mass is 368 g/mol. The van der Waals surface area contributed by atoms with E-state index in [9.17, 15) is 4.21 Å². The maximum absolute atomic E-state index is 12.1. The molecule has 126 valence electrons. The van der Waals surface area contributed by atoms with Gasteiger partial charge in [-0.2, -0.15) is 9.78 Å². The van der Waals surface area contributed by atoms with E-state index in [1.165, 1.54) is 5.56 Å². The van der Waals surface area contributed by atoms with E-state index in [1.54, 1.807) is 22.7 Å². The molecule has 3 aromatic rings. The molecule has 4 rings (SSSR count). The first kappa shape index (κ1) is 16.2. The van der Waals surface area contributed by atoms with Gasteiger partial charge in [-0.25, -0.2) is 0 Å². The Morgan fingerprint density at radius 3 is 2.60 bits per heavy atom. The zero-order valence-electron chi connectivity index (χ0n) is 13.8. The van der Waals surface area contributed by atoms with Gasteiger partial charge < -0.3 is 0 Å². The van der Waals surface area contributed by atoms with Crippen LogP contribution in [0.4, 0.5) is 0 Å². The molecule has 5 nitrogen and oxygen atoms in total. The normalized spacial score (nSPS) is 14.7. The van der Waals surface area contributed by atoms with E-state index in [4.69, 9.17) is 5.10 Å². The molecule has 0 fully saturated rings. The predicted octanol–water partition coefficient (Wildman–Crippen LogP) is 3.35. The van der Waals surface area contributed by atoms with Crippen molar-refractivity contribution in [3.05, 3.63) is 59.7 Å². The number of rotatable bonds is 3. The van der Waals surface area contributed by atoms with Crippen LogP contribution < -0.4 is 0 Å². The van der Waals surface area contributed by atoms with Gasteiger partial charge in [0.25, 0.3) is 0 Å².